The van der Waals surface area contributed by atoms with Gasteiger partial charge in [-0.05, 0) is 30.7 Å². The molecule has 0 fully saturated rings. The smallest absolute Gasteiger partial charge is 0.250 e. The van der Waals surface area contributed by atoms with E-state index in [4.69, 9.17) is 23.1 Å². The zero-order chi connectivity index (χ0) is 14.7. The number of nitrogens with one attached hydrogen (secondary N) is 1. The van der Waals surface area contributed by atoms with Gasteiger partial charge in [0.05, 0.1) is 16.3 Å². The molecule has 1 aromatic heterocycles. The van der Waals surface area contributed by atoms with E-state index < -0.39 is 5.91 Å². The number of carbonyl (C=O) groups excluding carboxylic acids is 1. The van der Waals surface area contributed by atoms with Crippen molar-refractivity contribution >= 4 is 40.2 Å². The Morgan fingerprint density at radius 3 is 2.65 bits per heavy atom. The van der Waals surface area contributed by atoms with Crippen molar-refractivity contribution in [2.24, 2.45) is 5.73 Å². The number of primary amides is 1. The minimum absolute atomic E-state index is 0.308. The number of thiophene rings is 1. The SMILES string of the molecule is CCc1ccc(CNc2c(Cl)cc(N)cc2C(N)=O)s1. The summed E-state index contributed by atoms with van der Waals surface area (Å²) in [6.07, 6.45) is 1.01. The Bertz CT molecular complexity index is 639. The predicted molar refractivity (Wildman–Crippen MR) is 85.4 cm³/mol. The topological polar surface area (TPSA) is 81.1 Å². The monoisotopic (exact) mass is 309 g/mol. The highest BCUT2D eigenvalue weighted by atomic mass is 35.5. The summed E-state index contributed by atoms with van der Waals surface area (Å²) in [6, 6.07) is 7.29. The molecule has 0 atom stereocenters. The van der Waals surface area contributed by atoms with Crippen LogP contribution in [0.15, 0.2) is 24.3 Å². The van der Waals surface area contributed by atoms with Gasteiger partial charge in [-0.3, -0.25) is 4.79 Å². The van der Waals surface area contributed by atoms with Gasteiger partial charge in [0.15, 0.2) is 0 Å². The van der Waals surface area contributed by atoms with Crippen molar-refractivity contribution < 1.29 is 4.79 Å². The van der Waals surface area contributed by atoms with Crippen LogP contribution in [0.4, 0.5) is 11.4 Å². The second kappa shape index (κ2) is 6.15. The van der Waals surface area contributed by atoms with E-state index in [0.29, 0.717) is 28.5 Å². The van der Waals surface area contributed by atoms with Gasteiger partial charge < -0.3 is 16.8 Å². The molecule has 1 amide bonds. The predicted octanol–water partition coefficient (Wildman–Crippen LogP) is 3.26. The summed E-state index contributed by atoms with van der Waals surface area (Å²) in [5.74, 6) is -0.554. The van der Waals surface area contributed by atoms with Crippen LogP contribution >= 0.6 is 22.9 Å². The second-order valence-corrected chi connectivity index (χ2v) is 6.02. The van der Waals surface area contributed by atoms with Crippen molar-refractivity contribution in [2.45, 2.75) is 19.9 Å². The molecule has 0 saturated carbocycles. The lowest BCUT2D eigenvalue weighted by Gasteiger charge is -2.12. The molecule has 0 aliphatic heterocycles. The first-order valence-corrected chi connectivity index (χ1v) is 7.41. The van der Waals surface area contributed by atoms with Crippen molar-refractivity contribution in [3.05, 3.63) is 44.6 Å². The minimum Gasteiger partial charge on any atom is -0.399 e. The first-order chi connectivity index (χ1) is 9.51. The third kappa shape index (κ3) is 3.23. The molecule has 4 nitrogen and oxygen atoms in total. The van der Waals surface area contributed by atoms with Gasteiger partial charge in [-0.15, -0.1) is 11.3 Å². The van der Waals surface area contributed by atoms with Crippen LogP contribution in [0.25, 0.3) is 0 Å². The first-order valence-electron chi connectivity index (χ1n) is 6.21. The summed E-state index contributed by atoms with van der Waals surface area (Å²) in [4.78, 5) is 13.9. The van der Waals surface area contributed by atoms with E-state index in [9.17, 15) is 4.79 Å². The van der Waals surface area contributed by atoms with E-state index in [1.165, 1.54) is 15.8 Å². The number of benzene rings is 1. The molecule has 0 bridgehead atoms. The third-order valence-electron chi connectivity index (χ3n) is 2.88. The number of nitrogens with two attached hydrogens (primary N) is 2. The molecule has 0 aliphatic rings. The van der Waals surface area contributed by atoms with E-state index in [0.717, 1.165) is 6.42 Å². The summed E-state index contributed by atoms with van der Waals surface area (Å²) in [5, 5.41) is 3.56. The summed E-state index contributed by atoms with van der Waals surface area (Å²) >= 11 is 7.86. The maximum atomic E-state index is 11.5. The van der Waals surface area contributed by atoms with Crippen LogP contribution in [-0.4, -0.2) is 5.91 Å². The van der Waals surface area contributed by atoms with E-state index in [-0.39, 0.29) is 0 Å². The molecule has 106 valence electrons. The average Bonchev–Trinajstić information content (AvgIpc) is 2.84. The van der Waals surface area contributed by atoms with Gasteiger partial charge in [-0.2, -0.15) is 0 Å². The molecular formula is C14H16ClN3OS. The lowest BCUT2D eigenvalue weighted by atomic mass is 10.1. The first kappa shape index (κ1) is 14.7. The number of rotatable bonds is 5. The number of carbonyl (C=O) groups is 1. The Balaban J connectivity index is 2.22. The minimum atomic E-state index is -0.554. The lowest BCUT2D eigenvalue weighted by Crippen LogP contribution is -2.15. The molecule has 0 aliphatic carbocycles. The number of nitrogen functional groups attached to an aromatic ring is 1. The van der Waals surface area contributed by atoms with Crippen LogP contribution in [0.5, 0.6) is 0 Å². The lowest BCUT2D eigenvalue weighted by molar-refractivity contribution is 0.100. The number of hydrogen-bond acceptors (Lipinski definition) is 4. The Morgan fingerprint density at radius 1 is 1.35 bits per heavy atom. The highest BCUT2D eigenvalue weighted by Gasteiger charge is 2.13. The molecule has 0 radical (unpaired) electrons. The van der Waals surface area contributed by atoms with Crippen LogP contribution in [0.3, 0.4) is 0 Å². The summed E-state index contributed by atoms with van der Waals surface area (Å²) < 4.78 is 0. The molecule has 1 aromatic carbocycles. The van der Waals surface area contributed by atoms with E-state index >= 15 is 0 Å². The summed E-state index contributed by atoms with van der Waals surface area (Å²) in [6.45, 7) is 2.71. The van der Waals surface area contributed by atoms with Gasteiger partial charge in [-0.25, -0.2) is 0 Å². The molecule has 20 heavy (non-hydrogen) atoms. The van der Waals surface area contributed by atoms with Crippen molar-refractivity contribution in [1.82, 2.24) is 0 Å². The standard InChI is InChI=1S/C14H16ClN3OS/c1-2-9-3-4-10(20-9)7-18-13-11(14(17)19)5-8(16)6-12(13)15/h3-6,18H,2,7,16H2,1H3,(H2,17,19). The molecule has 2 rings (SSSR count). The van der Waals surface area contributed by atoms with Gasteiger partial charge in [0.1, 0.15) is 0 Å². The average molecular weight is 310 g/mol. The van der Waals surface area contributed by atoms with Gasteiger partial charge >= 0.3 is 0 Å². The third-order valence-corrected chi connectivity index (χ3v) is 4.41. The fourth-order valence-electron chi connectivity index (χ4n) is 1.88. The van der Waals surface area contributed by atoms with Crippen molar-refractivity contribution in [3.63, 3.8) is 0 Å². The zero-order valence-corrected chi connectivity index (χ0v) is 12.6. The Kier molecular flexibility index (Phi) is 4.52. The largest absolute Gasteiger partial charge is 0.399 e. The normalized spacial score (nSPS) is 10.5. The van der Waals surface area contributed by atoms with Gasteiger partial charge in [0, 0.05) is 22.0 Å². The summed E-state index contributed by atoms with van der Waals surface area (Å²) in [5.41, 5.74) is 12.3. The van der Waals surface area contributed by atoms with Gasteiger partial charge in [0.25, 0.3) is 5.91 Å². The highest BCUT2D eigenvalue weighted by molar-refractivity contribution is 7.12. The molecule has 1 heterocycles. The molecule has 2 aromatic rings. The molecule has 0 saturated heterocycles. The van der Waals surface area contributed by atoms with Crippen LogP contribution in [-0.2, 0) is 13.0 Å². The number of amides is 1. The van der Waals surface area contributed by atoms with Gasteiger partial charge in [0.2, 0.25) is 0 Å². The molecule has 5 N–H and O–H groups in total. The summed E-state index contributed by atoms with van der Waals surface area (Å²) in [7, 11) is 0. The Hall–Kier alpha value is -1.72. The van der Waals surface area contributed by atoms with Crippen molar-refractivity contribution in [2.75, 3.05) is 11.1 Å². The Labute approximate surface area is 126 Å². The van der Waals surface area contributed by atoms with E-state index in [1.807, 2.05) is 0 Å². The van der Waals surface area contributed by atoms with Crippen LogP contribution in [0, 0.1) is 0 Å². The highest BCUT2D eigenvalue weighted by Crippen LogP contribution is 2.30. The van der Waals surface area contributed by atoms with E-state index in [2.05, 4.69) is 24.4 Å². The second-order valence-electron chi connectivity index (χ2n) is 4.36. The van der Waals surface area contributed by atoms with Crippen LogP contribution < -0.4 is 16.8 Å². The molecule has 6 heteroatoms. The number of hydrogen-bond donors (Lipinski definition) is 3. The fourth-order valence-corrected chi connectivity index (χ4v) is 3.08. The van der Waals surface area contributed by atoms with Crippen LogP contribution in [0.1, 0.15) is 27.0 Å². The zero-order valence-electron chi connectivity index (χ0n) is 11.1. The maximum Gasteiger partial charge on any atom is 0.250 e. The fraction of sp³-hybridized carbons (Fsp3) is 0.214. The van der Waals surface area contributed by atoms with Crippen LogP contribution in [0.2, 0.25) is 5.02 Å². The number of aryl methyl sites for hydroxylation is 1. The quantitative estimate of drug-likeness (QED) is 0.741. The Morgan fingerprint density at radius 2 is 2.05 bits per heavy atom. The molecular weight excluding hydrogens is 294 g/mol. The van der Waals surface area contributed by atoms with Crippen molar-refractivity contribution in [1.29, 1.82) is 0 Å². The molecule has 0 spiro atoms. The number of anilines is 2. The number of halogens is 1. The maximum absolute atomic E-state index is 11.5. The van der Waals surface area contributed by atoms with Gasteiger partial charge in [-0.1, -0.05) is 18.5 Å². The van der Waals surface area contributed by atoms with Crippen molar-refractivity contribution in [3.8, 4) is 0 Å². The molecule has 0 unspecified atom stereocenters. The van der Waals surface area contributed by atoms with E-state index in [1.54, 1.807) is 17.4 Å².